The van der Waals surface area contributed by atoms with Gasteiger partial charge in [-0.25, -0.2) is 0 Å². The van der Waals surface area contributed by atoms with Crippen LogP contribution in [0.5, 0.6) is 0 Å². The van der Waals surface area contributed by atoms with Crippen LogP contribution >= 0.6 is 23.2 Å². The van der Waals surface area contributed by atoms with Crippen LogP contribution in [0.15, 0.2) is 22.9 Å². The lowest BCUT2D eigenvalue weighted by Crippen LogP contribution is -1.85. The van der Waals surface area contributed by atoms with Crippen LogP contribution in [0.1, 0.15) is 0 Å². The van der Waals surface area contributed by atoms with Crippen LogP contribution in [0, 0.1) is 11.8 Å². The Labute approximate surface area is 69.3 Å². The number of ether oxygens (including phenoxy) is 1. The SMILES string of the molecule is ClC(Cl)=C[C@@H]1[C@@H]2C=CO[C@@H]12. The Morgan fingerprint density at radius 2 is 2.30 bits per heavy atom. The molecule has 0 aromatic carbocycles. The quantitative estimate of drug-likeness (QED) is 0.597. The molecule has 1 heterocycles. The van der Waals surface area contributed by atoms with E-state index in [2.05, 4.69) is 0 Å². The Kier molecular flexibility index (Phi) is 1.43. The highest BCUT2D eigenvalue weighted by molar-refractivity contribution is 6.55. The van der Waals surface area contributed by atoms with Gasteiger partial charge in [0.1, 0.15) is 10.6 Å². The van der Waals surface area contributed by atoms with Crippen molar-refractivity contribution in [3.05, 3.63) is 22.9 Å². The second kappa shape index (κ2) is 2.18. The molecule has 0 aromatic rings. The van der Waals surface area contributed by atoms with E-state index in [4.69, 9.17) is 27.9 Å². The molecule has 2 aliphatic rings. The maximum atomic E-state index is 5.47. The minimum Gasteiger partial charge on any atom is -0.497 e. The van der Waals surface area contributed by atoms with Gasteiger partial charge in [-0.15, -0.1) is 0 Å². The average Bonchev–Trinajstić information content (AvgIpc) is 2.40. The zero-order valence-electron chi connectivity index (χ0n) is 5.13. The fraction of sp³-hybridized carbons (Fsp3) is 0.429. The van der Waals surface area contributed by atoms with E-state index in [-0.39, 0.29) is 0 Å². The van der Waals surface area contributed by atoms with Crippen LogP contribution < -0.4 is 0 Å². The van der Waals surface area contributed by atoms with E-state index in [0.717, 1.165) is 0 Å². The van der Waals surface area contributed by atoms with Crippen LogP contribution in [0.3, 0.4) is 0 Å². The molecule has 2 rings (SSSR count). The smallest absolute Gasteiger partial charge is 0.112 e. The molecule has 0 spiro atoms. The van der Waals surface area contributed by atoms with Gasteiger partial charge in [-0.2, -0.15) is 0 Å². The first-order valence-electron chi connectivity index (χ1n) is 3.14. The lowest BCUT2D eigenvalue weighted by molar-refractivity contribution is 0.234. The summed E-state index contributed by atoms with van der Waals surface area (Å²) >= 11 is 10.9. The first-order chi connectivity index (χ1) is 4.79. The molecular weight excluding hydrogens is 171 g/mol. The number of halogens is 2. The van der Waals surface area contributed by atoms with Gasteiger partial charge in [0.2, 0.25) is 0 Å². The maximum absolute atomic E-state index is 5.47. The van der Waals surface area contributed by atoms with Gasteiger partial charge in [0, 0.05) is 11.8 Å². The van der Waals surface area contributed by atoms with E-state index in [9.17, 15) is 0 Å². The highest BCUT2D eigenvalue weighted by Crippen LogP contribution is 2.48. The molecule has 0 unspecified atom stereocenters. The molecule has 0 bridgehead atoms. The van der Waals surface area contributed by atoms with Crippen molar-refractivity contribution in [2.75, 3.05) is 0 Å². The zero-order chi connectivity index (χ0) is 7.14. The minimum absolute atomic E-state index is 0.326. The number of hydrogen-bond donors (Lipinski definition) is 0. The lowest BCUT2D eigenvalue weighted by atomic mass is 10.3. The third-order valence-corrected chi connectivity index (χ3v) is 2.17. The van der Waals surface area contributed by atoms with E-state index < -0.39 is 0 Å². The molecule has 3 heteroatoms. The van der Waals surface area contributed by atoms with E-state index in [1.165, 1.54) is 0 Å². The Morgan fingerprint density at radius 1 is 1.50 bits per heavy atom. The third-order valence-electron chi connectivity index (χ3n) is 1.92. The predicted molar refractivity (Wildman–Crippen MR) is 40.8 cm³/mol. The summed E-state index contributed by atoms with van der Waals surface area (Å²) in [5.41, 5.74) is 0. The van der Waals surface area contributed by atoms with Crippen LogP contribution in [0.25, 0.3) is 0 Å². The van der Waals surface area contributed by atoms with Crippen molar-refractivity contribution in [3.63, 3.8) is 0 Å². The number of rotatable bonds is 1. The molecule has 0 amide bonds. The Bertz CT molecular complexity index is 206. The predicted octanol–water partition coefficient (Wildman–Crippen LogP) is 2.46. The first kappa shape index (κ1) is 6.56. The molecule has 0 radical (unpaired) electrons. The van der Waals surface area contributed by atoms with Gasteiger partial charge in [0.25, 0.3) is 0 Å². The molecule has 0 aromatic heterocycles. The molecule has 54 valence electrons. The molecular formula is C7H6Cl2O. The Hall–Kier alpha value is -0.140. The van der Waals surface area contributed by atoms with Crippen LogP contribution in [-0.4, -0.2) is 6.10 Å². The summed E-state index contributed by atoms with van der Waals surface area (Å²) in [7, 11) is 0. The van der Waals surface area contributed by atoms with Crippen molar-refractivity contribution in [2.45, 2.75) is 6.10 Å². The van der Waals surface area contributed by atoms with Crippen molar-refractivity contribution in [1.82, 2.24) is 0 Å². The van der Waals surface area contributed by atoms with Crippen molar-refractivity contribution in [3.8, 4) is 0 Å². The van der Waals surface area contributed by atoms with Crippen molar-refractivity contribution >= 4 is 23.2 Å². The second-order valence-electron chi connectivity index (χ2n) is 2.54. The Balaban J connectivity index is 2.02. The fourth-order valence-electron chi connectivity index (χ4n) is 1.33. The summed E-state index contributed by atoms with van der Waals surface area (Å²) < 4.78 is 5.54. The highest BCUT2D eigenvalue weighted by Gasteiger charge is 2.51. The summed E-state index contributed by atoms with van der Waals surface area (Å²) in [6, 6.07) is 0. The molecule has 1 nitrogen and oxygen atoms in total. The van der Waals surface area contributed by atoms with Gasteiger partial charge in [-0.3, -0.25) is 0 Å². The monoisotopic (exact) mass is 176 g/mol. The summed E-state index contributed by atoms with van der Waals surface area (Å²) in [4.78, 5) is 0. The summed E-state index contributed by atoms with van der Waals surface area (Å²) in [6.07, 6.45) is 5.94. The van der Waals surface area contributed by atoms with E-state index in [1.54, 1.807) is 6.26 Å². The van der Waals surface area contributed by atoms with Gasteiger partial charge in [-0.1, -0.05) is 23.2 Å². The topological polar surface area (TPSA) is 9.23 Å². The number of fused-ring (bicyclic) bond motifs is 1. The van der Waals surface area contributed by atoms with Crippen LogP contribution in [0.4, 0.5) is 0 Å². The molecule has 0 N–H and O–H groups in total. The molecule has 1 fully saturated rings. The average molecular weight is 177 g/mol. The van der Waals surface area contributed by atoms with E-state index in [1.807, 2.05) is 12.2 Å². The summed E-state index contributed by atoms with van der Waals surface area (Å²) in [5.74, 6) is 0.961. The zero-order valence-corrected chi connectivity index (χ0v) is 6.64. The maximum Gasteiger partial charge on any atom is 0.112 e. The van der Waals surface area contributed by atoms with E-state index >= 15 is 0 Å². The van der Waals surface area contributed by atoms with Crippen LogP contribution in [-0.2, 0) is 4.74 Å². The van der Waals surface area contributed by atoms with Crippen molar-refractivity contribution in [1.29, 1.82) is 0 Å². The highest BCUT2D eigenvalue weighted by atomic mass is 35.5. The summed E-state index contributed by atoms with van der Waals surface area (Å²) in [5, 5.41) is 0. The fourth-order valence-corrected chi connectivity index (χ4v) is 1.62. The summed E-state index contributed by atoms with van der Waals surface area (Å²) in [6.45, 7) is 0. The van der Waals surface area contributed by atoms with Gasteiger partial charge in [0.05, 0.1) is 6.26 Å². The second-order valence-corrected chi connectivity index (χ2v) is 3.55. The third kappa shape index (κ3) is 0.938. The molecule has 0 saturated heterocycles. The van der Waals surface area contributed by atoms with Crippen molar-refractivity contribution < 1.29 is 4.74 Å². The van der Waals surface area contributed by atoms with E-state index in [0.29, 0.717) is 22.4 Å². The van der Waals surface area contributed by atoms with Gasteiger partial charge in [0.15, 0.2) is 0 Å². The molecule has 3 atom stereocenters. The largest absolute Gasteiger partial charge is 0.497 e. The van der Waals surface area contributed by atoms with Gasteiger partial charge in [-0.05, 0) is 12.2 Å². The molecule has 10 heavy (non-hydrogen) atoms. The van der Waals surface area contributed by atoms with Gasteiger partial charge < -0.3 is 4.74 Å². The number of hydrogen-bond acceptors (Lipinski definition) is 1. The van der Waals surface area contributed by atoms with Crippen LogP contribution in [0.2, 0.25) is 0 Å². The minimum atomic E-state index is 0.326. The Morgan fingerprint density at radius 3 is 2.80 bits per heavy atom. The standard InChI is InChI=1S/C7H6Cl2O/c8-6(9)3-5-4-1-2-10-7(4)5/h1-5,7H/t4-,5+,7+/m0/s1. The van der Waals surface area contributed by atoms with Crippen molar-refractivity contribution in [2.24, 2.45) is 11.8 Å². The molecule has 1 aliphatic heterocycles. The molecule has 1 aliphatic carbocycles. The van der Waals surface area contributed by atoms with Gasteiger partial charge >= 0.3 is 0 Å². The first-order valence-corrected chi connectivity index (χ1v) is 3.89. The normalized spacial score (nSPS) is 40.4. The lowest BCUT2D eigenvalue weighted by Gasteiger charge is -1.92. The molecule has 1 saturated carbocycles.